The minimum absolute atomic E-state index is 0.180. The van der Waals surface area contributed by atoms with Crippen molar-refractivity contribution in [3.05, 3.63) is 17.7 Å². The quantitative estimate of drug-likeness (QED) is 0.591. The lowest BCUT2D eigenvalue weighted by Crippen LogP contribution is -2.19. The van der Waals surface area contributed by atoms with Crippen LogP contribution in [0.15, 0.2) is 17.0 Å². The molecule has 130 valence electrons. The Morgan fingerprint density at radius 1 is 1.22 bits per heavy atom. The monoisotopic (exact) mass is 348 g/mol. The van der Waals surface area contributed by atoms with Crippen LogP contribution in [0.4, 0.5) is 13.2 Å². The van der Waals surface area contributed by atoms with Crippen molar-refractivity contribution >= 4 is 11.8 Å². The number of rotatable bonds is 6. The summed E-state index contributed by atoms with van der Waals surface area (Å²) in [4.78, 5) is 0.785. The van der Waals surface area contributed by atoms with Crippen molar-refractivity contribution in [2.75, 3.05) is 6.61 Å². The molecule has 6 heteroatoms. The van der Waals surface area contributed by atoms with E-state index in [0.29, 0.717) is 18.1 Å². The number of hydrogen-bond acceptors (Lipinski definition) is 3. The van der Waals surface area contributed by atoms with E-state index in [1.165, 1.54) is 24.6 Å². The number of thioether (sulfide) groups is 1. The maximum Gasteiger partial charge on any atom is 0.573 e. The Labute approximate surface area is 139 Å². The Hall–Kier alpha value is -1.04. The highest BCUT2D eigenvalue weighted by Crippen LogP contribution is 2.41. The van der Waals surface area contributed by atoms with Gasteiger partial charge >= 0.3 is 6.36 Å². The zero-order chi connectivity index (χ0) is 17.0. The average Bonchev–Trinajstić information content (AvgIpc) is 2.94. The molecule has 0 amide bonds. The molecule has 1 aromatic rings. The minimum atomic E-state index is -4.72. The van der Waals surface area contributed by atoms with Crippen molar-refractivity contribution in [2.45, 2.75) is 63.0 Å². The molecule has 0 saturated heterocycles. The third-order valence-electron chi connectivity index (χ3n) is 3.85. The predicted molar refractivity (Wildman–Crippen MR) is 86.3 cm³/mol. The summed E-state index contributed by atoms with van der Waals surface area (Å²) in [6.45, 7) is 6.09. The zero-order valence-corrected chi connectivity index (χ0v) is 14.5. The van der Waals surface area contributed by atoms with Crippen LogP contribution in [-0.2, 0) is 0 Å². The Balaban J connectivity index is 2.22. The van der Waals surface area contributed by atoms with Gasteiger partial charge in [-0.05, 0) is 37.8 Å². The Morgan fingerprint density at radius 2 is 1.87 bits per heavy atom. The summed E-state index contributed by atoms with van der Waals surface area (Å²) in [7, 11) is 0. The van der Waals surface area contributed by atoms with E-state index in [1.807, 2.05) is 19.9 Å². The van der Waals surface area contributed by atoms with Gasteiger partial charge in [0, 0.05) is 15.7 Å². The van der Waals surface area contributed by atoms with Gasteiger partial charge in [-0.25, -0.2) is 0 Å². The second-order valence-corrected chi connectivity index (χ2v) is 7.81. The van der Waals surface area contributed by atoms with Gasteiger partial charge < -0.3 is 9.47 Å². The summed E-state index contributed by atoms with van der Waals surface area (Å²) in [5.74, 6) is 0.403. The first-order valence-corrected chi connectivity index (χ1v) is 8.83. The Morgan fingerprint density at radius 3 is 2.43 bits per heavy atom. The molecule has 1 aromatic carbocycles. The largest absolute Gasteiger partial charge is 0.573 e. The SMILES string of the molecule is Cc1c(SC(C)C)ccc(OCC2CCCC2)c1OC(F)(F)F. The highest BCUT2D eigenvalue weighted by molar-refractivity contribution is 8.00. The Bertz CT molecular complexity index is 523. The third kappa shape index (κ3) is 5.52. The topological polar surface area (TPSA) is 18.5 Å². The maximum absolute atomic E-state index is 12.8. The maximum atomic E-state index is 12.8. The van der Waals surface area contributed by atoms with E-state index in [4.69, 9.17) is 4.74 Å². The summed E-state index contributed by atoms with van der Waals surface area (Å²) < 4.78 is 48.2. The fourth-order valence-corrected chi connectivity index (χ4v) is 3.70. The highest BCUT2D eigenvalue weighted by atomic mass is 32.2. The van der Waals surface area contributed by atoms with Gasteiger partial charge in [-0.2, -0.15) is 0 Å². The molecular weight excluding hydrogens is 325 g/mol. The minimum Gasteiger partial charge on any atom is -0.489 e. The third-order valence-corrected chi connectivity index (χ3v) is 5.02. The van der Waals surface area contributed by atoms with E-state index >= 15 is 0 Å². The van der Waals surface area contributed by atoms with Gasteiger partial charge in [0.1, 0.15) is 0 Å². The first-order chi connectivity index (χ1) is 10.8. The van der Waals surface area contributed by atoms with Crippen LogP contribution in [0.2, 0.25) is 0 Å². The normalized spacial score (nSPS) is 16.1. The lowest BCUT2D eigenvalue weighted by Gasteiger charge is -2.20. The van der Waals surface area contributed by atoms with Gasteiger partial charge in [0.25, 0.3) is 0 Å². The molecule has 2 nitrogen and oxygen atoms in total. The van der Waals surface area contributed by atoms with Crippen LogP contribution < -0.4 is 9.47 Å². The van der Waals surface area contributed by atoms with Crippen LogP contribution in [0, 0.1) is 12.8 Å². The van der Waals surface area contributed by atoms with Gasteiger partial charge in [0.2, 0.25) is 0 Å². The molecule has 0 unspecified atom stereocenters. The molecule has 0 heterocycles. The summed E-state index contributed by atoms with van der Waals surface area (Å²) >= 11 is 1.51. The second kappa shape index (κ2) is 7.69. The fourth-order valence-electron chi connectivity index (χ4n) is 2.77. The van der Waals surface area contributed by atoms with Crippen molar-refractivity contribution in [2.24, 2.45) is 5.92 Å². The number of benzene rings is 1. The van der Waals surface area contributed by atoms with E-state index in [2.05, 4.69) is 4.74 Å². The number of halogens is 3. The second-order valence-electron chi connectivity index (χ2n) is 6.19. The summed E-state index contributed by atoms with van der Waals surface area (Å²) in [5, 5.41) is 0.276. The van der Waals surface area contributed by atoms with Crippen molar-refractivity contribution in [3.8, 4) is 11.5 Å². The molecule has 1 fully saturated rings. The number of hydrogen-bond donors (Lipinski definition) is 0. The summed E-state index contributed by atoms with van der Waals surface area (Å²) in [6.07, 6.45) is -0.228. The molecule has 1 aliphatic rings. The molecular formula is C17H23F3O2S. The smallest absolute Gasteiger partial charge is 0.489 e. The average molecular weight is 348 g/mol. The fraction of sp³-hybridized carbons (Fsp3) is 0.647. The first-order valence-electron chi connectivity index (χ1n) is 7.95. The molecule has 0 radical (unpaired) electrons. The molecule has 0 aliphatic heterocycles. The van der Waals surface area contributed by atoms with E-state index in [0.717, 1.165) is 17.7 Å². The first kappa shape index (κ1) is 18.3. The van der Waals surface area contributed by atoms with Gasteiger partial charge in [-0.3, -0.25) is 0 Å². The molecule has 0 N–H and O–H groups in total. The van der Waals surface area contributed by atoms with Crippen molar-refractivity contribution in [1.29, 1.82) is 0 Å². The van der Waals surface area contributed by atoms with Crippen molar-refractivity contribution in [1.82, 2.24) is 0 Å². The molecule has 0 aromatic heterocycles. The molecule has 1 saturated carbocycles. The van der Waals surface area contributed by atoms with Gasteiger partial charge in [-0.1, -0.05) is 26.7 Å². The summed E-state index contributed by atoms with van der Waals surface area (Å²) in [5.41, 5.74) is 0.477. The van der Waals surface area contributed by atoms with Crippen molar-refractivity contribution < 1.29 is 22.6 Å². The molecule has 1 aliphatic carbocycles. The van der Waals surface area contributed by atoms with Crippen LogP contribution in [0.3, 0.4) is 0 Å². The van der Waals surface area contributed by atoms with E-state index in [1.54, 1.807) is 13.0 Å². The lowest BCUT2D eigenvalue weighted by molar-refractivity contribution is -0.275. The highest BCUT2D eigenvalue weighted by Gasteiger charge is 2.34. The van der Waals surface area contributed by atoms with Crippen molar-refractivity contribution in [3.63, 3.8) is 0 Å². The molecule has 23 heavy (non-hydrogen) atoms. The van der Waals surface area contributed by atoms with E-state index < -0.39 is 6.36 Å². The molecule has 2 rings (SSSR count). The lowest BCUT2D eigenvalue weighted by atomic mass is 10.1. The molecule has 0 atom stereocenters. The van der Waals surface area contributed by atoms with Crippen LogP contribution in [0.25, 0.3) is 0 Å². The predicted octanol–water partition coefficient (Wildman–Crippen LogP) is 5.96. The van der Waals surface area contributed by atoms with Crippen LogP contribution in [-0.4, -0.2) is 18.2 Å². The van der Waals surface area contributed by atoms with Gasteiger partial charge in [-0.15, -0.1) is 24.9 Å². The van der Waals surface area contributed by atoms with Crippen LogP contribution in [0.5, 0.6) is 11.5 Å². The van der Waals surface area contributed by atoms with Gasteiger partial charge in [0.15, 0.2) is 11.5 Å². The Kier molecular flexibility index (Phi) is 6.12. The van der Waals surface area contributed by atoms with Crippen LogP contribution in [0.1, 0.15) is 45.1 Å². The molecule has 0 spiro atoms. The van der Waals surface area contributed by atoms with Crippen LogP contribution >= 0.6 is 11.8 Å². The van der Waals surface area contributed by atoms with E-state index in [9.17, 15) is 13.2 Å². The zero-order valence-electron chi connectivity index (χ0n) is 13.7. The number of ether oxygens (including phenoxy) is 2. The molecule has 0 bridgehead atoms. The van der Waals surface area contributed by atoms with Gasteiger partial charge in [0.05, 0.1) is 6.61 Å². The van der Waals surface area contributed by atoms with E-state index in [-0.39, 0.29) is 16.7 Å². The summed E-state index contributed by atoms with van der Waals surface area (Å²) in [6, 6.07) is 3.40. The standard InChI is InChI=1S/C17H23F3O2S/c1-11(2)23-15-9-8-14(21-10-13-6-4-5-7-13)16(12(15)3)22-17(18,19)20/h8-9,11,13H,4-7,10H2,1-3H3. The number of alkyl halides is 3.